The number of alkyl halides is 3. The van der Waals surface area contributed by atoms with Crippen LogP contribution in [0.5, 0.6) is 5.75 Å². The minimum atomic E-state index is -4.32. The summed E-state index contributed by atoms with van der Waals surface area (Å²) in [6.07, 6.45) is -4.32. The Labute approximate surface area is 67.8 Å². The number of hydrogen-bond donors (Lipinski definition) is 0. The molecule has 1 aromatic carbocycles. The van der Waals surface area contributed by atoms with Crippen molar-refractivity contribution >= 4 is 0 Å². The van der Waals surface area contributed by atoms with Crippen LogP contribution in [-0.2, 0) is 6.18 Å². The normalized spacial score (nSPS) is 11.3. The van der Waals surface area contributed by atoms with Crippen molar-refractivity contribution in [3.05, 3.63) is 36.9 Å². The summed E-state index contributed by atoms with van der Waals surface area (Å²) in [4.78, 5) is 0. The summed E-state index contributed by atoms with van der Waals surface area (Å²) in [7, 11) is 3.01. The van der Waals surface area contributed by atoms with Crippen molar-refractivity contribution in [2.75, 3.05) is 0 Å². The van der Waals surface area contributed by atoms with Gasteiger partial charge in [-0.3, -0.25) is 0 Å². The lowest BCUT2D eigenvalue weighted by atomic mass is 10.2. The molecule has 0 heterocycles. The molecule has 0 unspecified atom stereocenters. The van der Waals surface area contributed by atoms with Crippen LogP contribution in [0.1, 0.15) is 5.56 Å². The highest BCUT2D eigenvalue weighted by atomic mass is 19.4. The number of hydrogen-bond acceptors (Lipinski definition) is 1. The van der Waals surface area contributed by atoms with Gasteiger partial charge in [0.1, 0.15) is 12.9 Å². The third-order valence-electron chi connectivity index (χ3n) is 1.33. The van der Waals surface area contributed by atoms with Gasteiger partial charge in [-0.1, -0.05) is 6.07 Å². The lowest BCUT2D eigenvalue weighted by Gasteiger charge is -2.07. The molecule has 1 rings (SSSR count). The standard InChI is InChI=1S/C8H6F3O/c1-12-7-4-2-3-6(5-7)8(9,10)11/h2-5H,1H2. The van der Waals surface area contributed by atoms with Crippen LogP contribution in [0, 0.1) is 7.11 Å². The summed E-state index contributed by atoms with van der Waals surface area (Å²) >= 11 is 0. The molecule has 0 atom stereocenters. The van der Waals surface area contributed by atoms with E-state index in [1.54, 1.807) is 0 Å². The van der Waals surface area contributed by atoms with E-state index in [0.29, 0.717) is 0 Å². The molecule has 0 aliphatic carbocycles. The fourth-order valence-corrected chi connectivity index (χ4v) is 0.762. The first-order valence-corrected chi connectivity index (χ1v) is 3.13. The maximum Gasteiger partial charge on any atom is 0.416 e. The Kier molecular flexibility index (Phi) is 2.26. The van der Waals surface area contributed by atoms with Crippen molar-refractivity contribution in [2.24, 2.45) is 0 Å². The van der Waals surface area contributed by atoms with Crippen molar-refractivity contribution in [1.82, 2.24) is 0 Å². The van der Waals surface area contributed by atoms with Crippen molar-refractivity contribution in [2.45, 2.75) is 6.18 Å². The Morgan fingerprint density at radius 2 is 1.92 bits per heavy atom. The Bertz CT molecular complexity index is 267. The monoisotopic (exact) mass is 175 g/mol. The molecule has 1 nitrogen and oxygen atoms in total. The van der Waals surface area contributed by atoms with Gasteiger partial charge in [0.15, 0.2) is 0 Å². The maximum atomic E-state index is 12.0. The summed E-state index contributed by atoms with van der Waals surface area (Å²) in [6.45, 7) is 0. The van der Waals surface area contributed by atoms with Gasteiger partial charge >= 0.3 is 6.18 Å². The first-order chi connectivity index (χ1) is 5.54. The molecule has 65 valence electrons. The highest BCUT2D eigenvalue weighted by Crippen LogP contribution is 2.31. The van der Waals surface area contributed by atoms with Crippen LogP contribution >= 0.6 is 0 Å². The molecule has 1 aromatic rings. The fourth-order valence-electron chi connectivity index (χ4n) is 0.762. The molecule has 0 aliphatic heterocycles. The van der Waals surface area contributed by atoms with Gasteiger partial charge in [0.25, 0.3) is 0 Å². The van der Waals surface area contributed by atoms with Gasteiger partial charge in [-0.25, -0.2) is 0 Å². The van der Waals surface area contributed by atoms with Crippen LogP contribution in [0.25, 0.3) is 0 Å². The minimum Gasteiger partial charge on any atom is -0.490 e. The van der Waals surface area contributed by atoms with Gasteiger partial charge in [-0.2, -0.15) is 13.2 Å². The van der Waals surface area contributed by atoms with Crippen LogP contribution in [0.4, 0.5) is 13.2 Å². The molecule has 0 fully saturated rings. The Balaban J connectivity index is 3.02. The van der Waals surface area contributed by atoms with Gasteiger partial charge in [-0.15, -0.1) is 0 Å². The number of ether oxygens (including phenoxy) is 1. The zero-order chi connectivity index (χ0) is 9.19. The summed E-state index contributed by atoms with van der Waals surface area (Å²) < 4.78 is 40.5. The van der Waals surface area contributed by atoms with E-state index in [0.717, 1.165) is 12.1 Å². The van der Waals surface area contributed by atoms with Gasteiger partial charge in [0.05, 0.1) is 5.56 Å². The maximum absolute atomic E-state index is 12.0. The van der Waals surface area contributed by atoms with Crippen LogP contribution in [-0.4, -0.2) is 0 Å². The Morgan fingerprint density at radius 1 is 1.25 bits per heavy atom. The number of rotatable bonds is 1. The number of benzene rings is 1. The second-order valence-electron chi connectivity index (χ2n) is 2.17. The first kappa shape index (κ1) is 8.90. The molecule has 0 aromatic heterocycles. The summed E-state index contributed by atoms with van der Waals surface area (Å²) in [5, 5.41) is 0. The summed E-state index contributed by atoms with van der Waals surface area (Å²) in [5.74, 6) is 0.102. The lowest BCUT2D eigenvalue weighted by molar-refractivity contribution is -0.137. The molecule has 0 spiro atoms. The highest BCUT2D eigenvalue weighted by Gasteiger charge is 2.30. The average molecular weight is 175 g/mol. The largest absolute Gasteiger partial charge is 0.490 e. The second-order valence-corrected chi connectivity index (χ2v) is 2.17. The molecule has 0 N–H and O–H groups in total. The molecule has 4 heteroatoms. The van der Waals surface area contributed by atoms with Crippen molar-refractivity contribution in [3.8, 4) is 5.75 Å². The third kappa shape index (κ3) is 1.90. The van der Waals surface area contributed by atoms with Crippen LogP contribution in [0.2, 0.25) is 0 Å². The Morgan fingerprint density at radius 3 is 2.42 bits per heavy atom. The zero-order valence-electron chi connectivity index (χ0n) is 6.06. The molecule has 0 saturated heterocycles. The van der Waals surface area contributed by atoms with E-state index >= 15 is 0 Å². The van der Waals surface area contributed by atoms with E-state index in [2.05, 4.69) is 11.8 Å². The minimum absolute atomic E-state index is 0.102. The van der Waals surface area contributed by atoms with Gasteiger partial charge in [0, 0.05) is 0 Å². The molecular weight excluding hydrogens is 169 g/mol. The third-order valence-corrected chi connectivity index (χ3v) is 1.33. The topological polar surface area (TPSA) is 9.23 Å². The van der Waals surface area contributed by atoms with Crippen LogP contribution in [0.3, 0.4) is 0 Å². The van der Waals surface area contributed by atoms with E-state index in [1.165, 1.54) is 12.1 Å². The average Bonchev–Trinajstić information content (AvgIpc) is 2.03. The first-order valence-electron chi connectivity index (χ1n) is 3.13. The molecule has 0 saturated carbocycles. The number of halogens is 3. The van der Waals surface area contributed by atoms with Crippen LogP contribution in [0.15, 0.2) is 24.3 Å². The molecule has 0 amide bonds. The quantitative estimate of drug-likeness (QED) is 0.637. The van der Waals surface area contributed by atoms with E-state index in [-0.39, 0.29) is 5.75 Å². The summed E-state index contributed by atoms with van der Waals surface area (Å²) in [5.41, 5.74) is -0.733. The molecule has 0 aliphatic rings. The van der Waals surface area contributed by atoms with E-state index < -0.39 is 11.7 Å². The van der Waals surface area contributed by atoms with Crippen molar-refractivity contribution in [3.63, 3.8) is 0 Å². The van der Waals surface area contributed by atoms with E-state index in [9.17, 15) is 13.2 Å². The highest BCUT2D eigenvalue weighted by molar-refractivity contribution is 5.30. The van der Waals surface area contributed by atoms with Gasteiger partial charge < -0.3 is 4.74 Å². The smallest absolute Gasteiger partial charge is 0.416 e. The predicted molar refractivity (Wildman–Crippen MR) is 37.4 cm³/mol. The molecule has 12 heavy (non-hydrogen) atoms. The van der Waals surface area contributed by atoms with Crippen LogP contribution < -0.4 is 4.74 Å². The van der Waals surface area contributed by atoms with Gasteiger partial charge in [-0.05, 0) is 18.2 Å². The SMILES string of the molecule is [CH2]Oc1cccc(C(F)(F)F)c1. The lowest BCUT2D eigenvalue weighted by Crippen LogP contribution is -2.04. The fraction of sp³-hybridized carbons (Fsp3) is 0.125. The van der Waals surface area contributed by atoms with Gasteiger partial charge in [0.2, 0.25) is 0 Å². The zero-order valence-corrected chi connectivity index (χ0v) is 6.06. The predicted octanol–water partition coefficient (Wildman–Crippen LogP) is 2.88. The van der Waals surface area contributed by atoms with Crippen molar-refractivity contribution < 1.29 is 17.9 Å². The summed E-state index contributed by atoms with van der Waals surface area (Å²) in [6, 6.07) is 4.54. The van der Waals surface area contributed by atoms with Crippen molar-refractivity contribution in [1.29, 1.82) is 0 Å². The Hall–Kier alpha value is -1.19. The molecule has 0 bridgehead atoms. The second kappa shape index (κ2) is 3.05. The molecular formula is C8H6F3O. The van der Waals surface area contributed by atoms with E-state index in [1.807, 2.05) is 0 Å². The molecule has 1 radical (unpaired) electrons. The van der Waals surface area contributed by atoms with E-state index in [4.69, 9.17) is 0 Å².